The molecule has 3 heterocycles. The highest BCUT2D eigenvalue weighted by molar-refractivity contribution is 6.00. The number of methoxy groups -OCH3 is 2. The zero-order chi connectivity index (χ0) is 22.1. The molecule has 0 radical (unpaired) electrons. The number of likely N-dealkylation sites (N-methyl/N-ethyl adjacent to an activating group) is 1. The first kappa shape index (κ1) is 21.6. The molecule has 9 nitrogen and oxygen atoms in total. The number of fused-ring (bicyclic) bond motifs is 3. The molecule has 3 aliphatic rings. The summed E-state index contributed by atoms with van der Waals surface area (Å²) in [6, 6.07) is 5.32. The minimum atomic E-state index is -0.378. The summed E-state index contributed by atoms with van der Waals surface area (Å²) in [5, 5.41) is 3.53. The minimum Gasteiger partial charge on any atom is -0.493 e. The Morgan fingerprint density at radius 3 is 2.68 bits per heavy atom. The second-order valence-corrected chi connectivity index (χ2v) is 8.13. The van der Waals surface area contributed by atoms with Crippen molar-refractivity contribution in [3.8, 4) is 11.5 Å². The van der Waals surface area contributed by atoms with Gasteiger partial charge in [-0.15, -0.1) is 6.58 Å². The number of benzene rings is 1. The van der Waals surface area contributed by atoms with E-state index in [-0.39, 0.29) is 37.0 Å². The Morgan fingerprint density at radius 1 is 1.19 bits per heavy atom. The minimum absolute atomic E-state index is 0.0771. The monoisotopic (exact) mass is 429 g/mol. The molecular weight excluding hydrogens is 398 g/mol. The summed E-state index contributed by atoms with van der Waals surface area (Å²) in [7, 11) is 5.02. The highest BCUT2D eigenvalue weighted by atomic mass is 16.5. The fourth-order valence-electron chi connectivity index (χ4n) is 4.83. The molecule has 3 unspecified atom stereocenters. The number of hydrogen-bond acceptors (Lipinski definition) is 7. The summed E-state index contributed by atoms with van der Waals surface area (Å²) < 4.78 is 10.7. The molecule has 3 atom stereocenters. The van der Waals surface area contributed by atoms with Gasteiger partial charge < -0.3 is 14.4 Å². The summed E-state index contributed by atoms with van der Waals surface area (Å²) in [6.07, 6.45) is 3.00. The van der Waals surface area contributed by atoms with Crippen molar-refractivity contribution in [2.75, 3.05) is 47.4 Å². The van der Waals surface area contributed by atoms with E-state index in [4.69, 9.17) is 9.47 Å². The molecule has 9 heteroatoms. The lowest BCUT2D eigenvalue weighted by molar-refractivity contribution is -0.139. The van der Waals surface area contributed by atoms with Gasteiger partial charge in [-0.25, -0.2) is 4.79 Å². The van der Waals surface area contributed by atoms with Crippen LogP contribution in [0.1, 0.15) is 12.0 Å². The summed E-state index contributed by atoms with van der Waals surface area (Å²) in [5.74, 6) is 1.29. The van der Waals surface area contributed by atoms with Gasteiger partial charge in [-0.1, -0.05) is 12.1 Å². The van der Waals surface area contributed by atoms with Crippen LogP contribution in [0.5, 0.6) is 11.5 Å². The van der Waals surface area contributed by atoms with E-state index in [2.05, 4.69) is 21.7 Å². The quantitative estimate of drug-likeness (QED) is 0.646. The second-order valence-electron chi connectivity index (χ2n) is 8.13. The Balaban J connectivity index is 1.49. The normalized spacial score (nSPS) is 26.6. The molecule has 0 aromatic heterocycles. The van der Waals surface area contributed by atoms with Gasteiger partial charge in [0, 0.05) is 33.2 Å². The van der Waals surface area contributed by atoms with Crippen molar-refractivity contribution in [3.05, 3.63) is 36.4 Å². The van der Waals surface area contributed by atoms with E-state index in [1.54, 1.807) is 32.2 Å². The largest absolute Gasteiger partial charge is 0.493 e. The number of carbonyl (C=O) groups excluding carboxylic acids is 2. The summed E-state index contributed by atoms with van der Waals surface area (Å²) in [6.45, 7) is 6.49. The maximum absolute atomic E-state index is 13.1. The fourth-order valence-corrected chi connectivity index (χ4v) is 4.83. The number of imide groups is 1. The summed E-state index contributed by atoms with van der Waals surface area (Å²) in [4.78, 5) is 33.3. The number of ether oxygens (including phenoxy) is 2. The fraction of sp³-hybridized carbons (Fsp3) is 0.545. The van der Waals surface area contributed by atoms with Crippen molar-refractivity contribution in [1.82, 2.24) is 24.9 Å². The van der Waals surface area contributed by atoms with Gasteiger partial charge >= 0.3 is 6.03 Å². The molecular formula is C22H31N5O4. The Hall–Kier alpha value is -2.62. The lowest BCUT2D eigenvalue weighted by atomic mass is 10.1. The third kappa shape index (κ3) is 3.77. The number of urea groups is 1. The molecule has 4 rings (SSSR count). The van der Waals surface area contributed by atoms with E-state index < -0.39 is 0 Å². The SMILES string of the molecule is C=CCN1C(=O)C2C(NC3N(CCc4ccc(OC)c(OC)c4)CCCN23)N(C)C1=O. The van der Waals surface area contributed by atoms with E-state index in [9.17, 15) is 9.59 Å². The number of nitrogens with zero attached hydrogens (tertiary/aromatic N) is 4. The van der Waals surface area contributed by atoms with Crippen LogP contribution in [0.3, 0.4) is 0 Å². The maximum atomic E-state index is 13.1. The highest BCUT2D eigenvalue weighted by Crippen LogP contribution is 2.31. The van der Waals surface area contributed by atoms with Crippen LogP contribution in [0.25, 0.3) is 0 Å². The van der Waals surface area contributed by atoms with Gasteiger partial charge in [0.25, 0.3) is 5.91 Å². The van der Waals surface area contributed by atoms with E-state index in [0.29, 0.717) is 5.75 Å². The van der Waals surface area contributed by atoms with Gasteiger partial charge in [0.15, 0.2) is 11.5 Å². The molecule has 1 aromatic rings. The second kappa shape index (κ2) is 8.86. The third-order valence-electron chi connectivity index (χ3n) is 6.41. The summed E-state index contributed by atoms with van der Waals surface area (Å²) >= 11 is 0. The number of rotatable bonds is 7. The van der Waals surface area contributed by atoms with Gasteiger partial charge in [0.05, 0.1) is 14.2 Å². The predicted molar refractivity (Wildman–Crippen MR) is 116 cm³/mol. The van der Waals surface area contributed by atoms with Gasteiger partial charge in [-0.05, 0) is 30.5 Å². The van der Waals surface area contributed by atoms with Gasteiger partial charge in [-0.3, -0.25) is 24.8 Å². The molecule has 3 saturated heterocycles. The standard InChI is InChI=1S/C22H31N5O4/c1-5-10-27-20(28)18-19(24(2)22(27)29)23-21-25(11-6-12-26(18)21)13-9-15-7-8-16(30-3)17(14-15)31-4/h5,7-8,14,18-19,21,23H,1,6,9-13H2,2-4H3. The predicted octanol–water partition coefficient (Wildman–Crippen LogP) is 0.916. The number of nitrogens with one attached hydrogen (secondary N) is 1. The third-order valence-corrected chi connectivity index (χ3v) is 6.41. The topological polar surface area (TPSA) is 77.6 Å². The van der Waals surface area contributed by atoms with Gasteiger partial charge in [0.1, 0.15) is 18.5 Å². The Kier molecular flexibility index (Phi) is 6.17. The van der Waals surface area contributed by atoms with Crippen LogP contribution >= 0.6 is 0 Å². The first-order valence-corrected chi connectivity index (χ1v) is 10.7. The van der Waals surface area contributed by atoms with Crippen LogP contribution in [0.2, 0.25) is 0 Å². The molecule has 31 heavy (non-hydrogen) atoms. The molecule has 0 saturated carbocycles. The van der Waals surface area contributed by atoms with Crippen LogP contribution in [-0.2, 0) is 11.2 Å². The average Bonchev–Trinajstić information content (AvgIpc) is 3.19. The lowest BCUT2D eigenvalue weighted by Crippen LogP contribution is -2.66. The highest BCUT2D eigenvalue weighted by Gasteiger charge is 2.55. The molecule has 0 aliphatic carbocycles. The van der Waals surface area contributed by atoms with Crippen molar-refractivity contribution in [3.63, 3.8) is 0 Å². The van der Waals surface area contributed by atoms with E-state index >= 15 is 0 Å². The zero-order valence-corrected chi connectivity index (χ0v) is 18.4. The van der Waals surface area contributed by atoms with Crippen molar-refractivity contribution in [1.29, 1.82) is 0 Å². The molecule has 3 amide bonds. The molecule has 1 N–H and O–H groups in total. The molecule has 1 aromatic carbocycles. The molecule has 3 fully saturated rings. The number of hydrogen-bond donors (Lipinski definition) is 1. The Bertz CT molecular complexity index is 862. The van der Waals surface area contributed by atoms with E-state index in [1.165, 1.54) is 4.90 Å². The number of carbonyl (C=O) groups is 2. The van der Waals surface area contributed by atoms with Crippen LogP contribution < -0.4 is 14.8 Å². The van der Waals surface area contributed by atoms with Crippen LogP contribution in [-0.4, -0.2) is 97.5 Å². The molecule has 0 spiro atoms. The zero-order valence-electron chi connectivity index (χ0n) is 18.4. The average molecular weight is 430 g/mol. The Morgan fingerprint density at radius 2 is 1.97 bits per heavy atom. The summed E-state index contributed by atoms with van der Waals surface area (Å²) in [5.41, 5.74) is 1.16. The van der Waals surface area contributed by atoms with Crippen molar-refractivity contribution < 1.29 is 19.1 Å². The first-order chi connectivity index (χ1) is 15.0. The van der Waals surface area contributed by atoms with Gasteiger partial charge in [-0.2, -0.15) is 0 Å². The van der Waals surface area contributed by atoms with Crippen LogP contribution in [0.4, 0.5) is 4.79 Å². The van der Waals surface area contributed by atoms with Gasteiger partial charge in [0.2, 0.25) is 0 Å². The van der Waals surface area contributed by atoms with Crippen molar-refractivity contribution in [2.24, 2.45) is 0 Å². The van der Waals surface area contributed by atoms with Crippen molar-refractivity contribution in [2.45, 2.75) is 31.3 Å². The van der Waals surface area contributed by atoms with E-state index in [0.717, 1.165) is 43.8 Å². The van der Waals surface area contributed by atoms with Crippen LogP contribution in [0.15, 0.2) is 30.9 Å². The van der Waals surface area contributed by atoms with Crippen molar-refractivity contribution >= 4 is 11.9 Å². The van der Waals surface area contributed by atoms with E-state index in [1.807, 2.05) is 18.2 Å². The first-order valence-electron chi connectivity index (χ1n) is 10.7. The molecule has 3 aliphatic heterocycles. The smallest absolute Gasteiger partial charge is 0.328 e. The van der Waals surface area contributed by atoms with Crippen LogP contribution in [0, 0.1) is 0 Å². The number of amides is 3. The Labute approximate surface area is 183 Å². The lowest BCUT2D eigenvalue weighted by Gasteiger charge is -2.43. The maximum Gasteiger partial charge on any atom is 0.328 e. The molecule has 168 valence electrons. The molecule has 0 bridgehead atoms.